The van der Waals surface area contributed by atoms with Gasteiger partial charge in [-0.25, -0.2) is 0 Å². The predicted octanol–water partition coefficient (Wildman–Crippen LogP) is 3.14. The molecule has 1 aromatic carbocycles. The van der Waals surface area contributed by atoms with Crippen molar-refractivity contribution < 1.29 is 14.4 Å². The monoisotopic (exact) mass is 433 g/mol. The number of benzene rings is 1. The number of amides is 2. The summed E-state index contributed by atoms with van der Waals surface area (Å²) in [5.41, 5.74) is 1.04. The van der Waals surface area contributed by atoms with Gasteiger partial charge in [-0.1, -0.05) is 17.7 Å². The molecule has 2 heterocycles. The molecule has 29 heavy (non-hydrogen) atoms. The van der Waals surface area contributed by atoms with Gasteiger partial charge >= 0.3 is 0 Å². The molecule has 0 radical (unpaired) electrons. The highest BCUT2D eigenvalue weighted by molar-refractivity contribution is 7.14. The maximum atomic E-state index is 12.4. The zero-order chi connectivity index (χ0) is 20.8. The zero-order valence-corrected chi connectivity index (χ0v) is 17.9. The van der Waals surface area contributed by atoms with E-state index in [9.17, 15) is 14.4 Å². The van der Waals surface area contributed by atoms with Crippen molar-refractivity contribution in [3.63, 3.8) is 0 Å². The lowest BCUT2D eigenvalue weighted by Crippen LogP contribution is -2.51. The number of carbonyl (C=O) groups excluding carboxylic acids is 3. The second-order valence-electron chi connectivity index (χ2n) is 6.96. The highest BCUT2D eigenvalue weighted by Gasteiger charge is 2.21. The van der Waals surface area contributed by atoms with E-state index in [1.54, 1.807) is 11.0 Å². The van der Waals surface area contributed by atoms with Crippen LogP contribution in [0.25, 0.3) is 0 Å². The third-order valence-electron chi connectivity index (χ3n) is 4.84. The summed E-state index contributed by atoms with van der Waals surface area (Å²) < 4.78 is 0. The predicted molar refractivity (Wildman–Crippen MR) is 116 cm³/mol. The van der Waals surface area contributed by atoms with Gasteiger partial charge in [0.25, 0.3) is 0 Å². The lowest BCUT2D eigenvalue weighted by molar-refractivity contribution is -0.133. The molecule has 2 aromatic rings. The molecule has 0 spiro atoms. The van der Waals surface area contributed by atoms with Crippen LogP contribution in [-0.4, -0.2) is 55.2 Å². The van der Waals surface area contributed by atoms with Crippen LogP contribution in [0.4, 0.5) is 5.69 Å². The summed E-state index contributed by atoms with van der Waals surface area (Å²) in [5, 5.41) is 3.32. The molecular formula is C21H24ClN3O3S. The van der Waals surface area contributed by atoms with Crippen LogP contribution in [-0.2, 0) is 9.59 Å². The molecule has 1 fully saturated rings. The summed E-state index contributed by atoms with van der Waals surface area (Å²) >= 11 is 7.47. The minimum Gasteiger partial charge on any atom is -0.368 e. The summed E-state index contributed by atoms with van der Waals surface area (Å²) in [7, 11) is 0. The SMILES string of the molecule is Cc1ccc(C(=O)CCC(=O)NCC(=O)N2CCN(c3cccc(Cl)c3)CC2)s1. The van der Waals surface area contributed by atoms with Gasteiger partial charge in [-0.3, -0.25) is 14.4 Å². The summed E-state index contributed by atoms with van der Waals surface area (Å²) in [6, 6.07) is 11.3. The van der Waals surface area contributed by atoms with Gasteiger partial charge in [0.05, 0.1) is 11.4 Å². The van der Waals surface area contributed by atoms with Crippen molar-refractivity contribution in [2.24, 2.45) is 0 Å². The van der Waals surface area contributed by atoms with Crippen LogP contribution in [0.5, 0.6) is 0 Å². The van der Waals surface area contributed by atoms with E-state index in [1.165, 1.54) is 11.3 Å². The molecule has 0 unspecified atom stereocenters. The molecule has 0 atom stereocenters. The largest absolute Gasteiger partial charge is 0.368 e. The molecular weight excluding hydrogens is 410 g/mol. The Morgan fingerprint density at radius 2 is 1.83 bits per heavy atom. The number of rotatable bonds is 7. The van der Waals surface area contributed by atoms with Gasteiger partial charge in [0.15, 0.2) is 5.78 Å². The van der Waals surface area contributed by atoms with Gasteiger partial charge in [-0.15, -0.1) is 11.3 Å². The number of nitrogens with zero attached hydrogens (tertiary/aromatic N) is 2. The Bertz CT molecular complexity index is 891. The number of hydrogen-bond acceptors (Lipinski definition) is 5. The van der Waals surface area contributed by atoms with Crippen LogP contribution in [0.3, 0.4) is 0 Å². The van der Waals surface area contributed by atoms with Crippen LogP contribution in [0.1, 0.15) is 27.4 Å². The van der Waals surface area contributed by atoms with Crippen LogP contribution >= 0.6 is 22.9 Å². The first kappa shape index (κ1) is 21.3. The van der Waals surface area contributed by atoms with Crippen molar-refractivity contribution in [1.29, 1.82) is 0 Å². The van der Waals surface area contributed by atoms with E-state index in [-0.39, 0.29) is 37.0 Å². The lowest BCUT2D eigenvalue weighted by Gasteiger charge is -2.36. The maximum Gasteiger partial charge on any atom is 0.242 e. The molecule has 0 saturated carbocycles. The Morgan fingerprint density at radius 1 is 1.07 bits per heavy atom. The topological polar surface area (TPSA) is 69.7 Å². The zero-order valence-electron chi connectivity index (χ0n) is 16.3. The smallest absolute Gasteiger partial charge is 0.242 e. The minimum atomic E-state index is -0.280. The molecule has 8 heteroatoms. The molecule has 1 aliphatic heterocycles. The van der Waals surface area contributed by atoms with Crippen molar-refractivity contribution in [1.82, 2.24) is 10.2 Å². The van der Waals surface area contributed by atoms with Crippen LogP contribution < -0.4 is 10.2 Å². The number of nitrogens with one attached hydrogen (secondary N) is 1. The van der Waals surface area contributed by atoms with Gasteiger partial charge in [0, 0.05) is 54.6 Å². The normalized spacial score (nSPS) is 14.0. The standard InChI is InChI=1S/C21H24ClN3O3S/c1-15-5-7-19(29-15)18(26)6-8-20(27)23-14-21(28)25-11-9-24(10-12-25)17-4-2-3-16(22)13-17/h2-5,7,13H,6,8-12,14H2,1H3,(H,23,27). The molecule has 1 N–H and O–H groups in total. The van der Waals surface area contributed by atoms with Gasteiger partial charge in [-0.2, -0.15) is 0 Å². The van der Waals surface area contributed by atoms with Crippen LogP contribution in [0.2, 0.25) is 5.02 Å². The Kier molecular flexibility index (Phi) is 7.28. The summed E-state index contributed by atoms with van der Waals surface area (Å²) in [5.74, 6) is -0.427. The Morgan fingerprint density at radius 3 is 2.48 bits per heavy atom. The van der Waals surface area contributed by atoms with Crippen molar-refractivity contribution >= 4 is 46.2 Å². The van der Waals surface area contributed by atoms with Gasteiger partial charge in [0.1, 0.15) is 0 Å². The second kappa shape index (κ2) is 9.89. The van der Waals surface area contributed by atoms with Crippen LogP contribution in [0.15, 0.2) is 36.4 Å². The number of piperazine rings is 1. The number of halogens is 1. The number of anilines is 1. The fourth-order valence-electron chi connectivity index (χ4n) is 3.20. The summed E-state index contributed by atoms with van der Waals surface area (Å²) in [4.78, 5) is 42.1. The fraction of sp³-hybridized carbons (Fsp3) is 0.381. The van der Waals surface area contributed by atoms with Gasteiger partial charge < -0.3 is 15.1 Å². The maximum absolute atomic E-state index is 12.4. The van der Waals surface area contributed by atoms with E-state index >= 15 is 0 Å². The first-order chi connectivity index (χ1) is 13.9. The Hall–Kier alpha value is -2.38. The lowest BCUT2D eigenvalue weighted by atomic mass is 10.2. The van der Waals surface area contributed by atoms with Crippen molar-refractivity contribution in [3.05, 3.63) is 51.2 Å². The molecule has 6 nitrogen and oxygen atoms in total. The number of carbonyl (C=O) groups is 3. The molecule has 1 saturated heterocycles. The molecule has 154 valence electrons. The van der Waals surface area contributed by atoms with E-state index in [0.717, 1.165) is 23.7 Å². The molecule has 3 rings (SSSR count). The minimum absolute atomic E-state index is 0.0394. The average Bonchev–Trinajstić information content (AvgIpc) is 3.16. The van der Waals surface area contributed by atoms with E-state index in [2.05, 4.69) is 10.2 Å². The second-order valence-corrected chi connectivity index (χ2v) is 8.68. The van der Waals surface area contributed by atoms with Gasteiger partial charge in [0.2, 0.25) is 11.8 Å². The summed E-state index contributed by atoms with van der Waals surface area (Å²) in [6.45, 7) is 4.52. The molecule has 1 aliphatic rings. The van der Waals surface area contributed by atoms with E-state index in [0.29, 0.717) is 23.0 Å². The summed E-state index contributed by atoms with van der Waals surface area (Å²) in [6.07, 6.45) is 0.240. The van der Waals surface area contributed by atoms with Crippen molar-refractivity contribution in [2.75, 3.05) is 37.6 Å². The number of hydrogen-bond donors (Lipinski definition) is 1. The number of Topliss-reactive ketones (excluding diaryl/α,β-unsaturated/α-hetero) is 1. The highest BCUT2D eigenvalue weighted by atomic mass is 35.5. The molecule has 0 bridgehead atoms. The quantitative estimate of drug-likeness (QED) is 0.681. The Balaban J connectivity index is 1.37. The first-order valence-corrected chi connectivity index (χ1v) is 10.8. The van der Waals surface area contributed by atoms with Crippen molar-refractivity contribution in [2.45, 2.75) is 19.8 Å². The first-order valence-electron chi connectivity index (χ1n) is 9.57. The van der Waals surface area contributed by atoms with E-state index < -0.39 is 0 Å². The third kappa shape index (κ3) is 6.05. The van der Waals surface area contributed by atoms with Gasteiger partial charge in [-0.05, 0) is 37.3 Å². The molecule has 1 aromatic heterocycles. The average molecular weight is 434 g/mol. The van der Waals surface area contributed by atoms with Crippen LogP contribution in [0, 0.1) is 6.92 Å². The number of thiophene rings is 1. The third-order valence-corrected chi connectivity index (χ3v) is 6.11. The van der Waals surface area contributed by atoms with E-state index in [4.69, 9.17) is 11.6 Å². The highest BCUT2D eigenvalue weighted by Crippen LogP contribution is 2.21. The fourth-order valence-corrected chi connectivity index (χ4v) is 4.22. The molecule has 2 amide bonds. The number of aryl methyl sites for hydroxylation is 1. The number of ketones is 1. The molecule has 0 aliphatic carbocycles. The van der Waals surface area contributed by atoms with E-state index in [1.807, 2.05) is 37.3 Å². The van der Waals surface area contributed by atoms with Crippen molar-refractivity contribution in [3.8, 4) is 0 Å². The Labute approximate surface area is 179 Å².